The molecule has 1 fully saturated rings. The molecule has 1 atom stereocenters. The summed E-state index contributed by atoms with van der Waals surface area (Å²) < 4.78 is 3.85. The predicted octanol–water partition coefficient (Wildman–Crippen LogP) is 3.68. The molecule has 1 unspecified atom stereocenters. The monoisotopic (exact) mass is 372 g/mol. The number of piperidine rings is 1. The van der Waals surface area contributed by atoms with E-state index in [4.69, 9.17) is 0 Å². The van der Waals surface area contributed by atoms with Gasteiger partial charge in [-0.05, 0) is 74.8 Å². The lowest BCUT2D eigenvalue weighted by molar-refractivity contribution is 0.0635. The van der Waals surface area contributed by atoms with Crippen molar-refractivity contribution in [2.75, 3.05) is 11.9 Å². The molecule has 0 saturated carbocycles. The lowest BCUT2D eigenvalue weighted by Gasteiger charge is -2.33. The van der Waals surface area contributed by atoms with Crippen molar-refractivity contribution in [3.63, 3.8) is 0 Å². The largest absolute Gasteiger partial charge is 0.336 e. The minimum atomic E-state index is -0.205. The summed E-state index contributed by atoms with van der Waals surface area (Å²) in [7, 11) is 0. The lowest BCUT2D eigenvalue weighted by atomic mass is 10.0. The molecule has 1 saturated heterocycles. The Morgan fingerprint density at radius 3 is 2.85 bits per heavy atom. The molecule has 1 aromatic carbocycles. The van der Waals surface area contributed by atoms with E-state index in [-0.39, 0.29) is 17.9 Å². The van der Waals surface area contributed by atoms with Crippen LogP contribution in [0.1, 0.15) is 64.4 Å². The number of rotatable bonds is 4. The standard InChI is InChI=1S/C19H24N4O2S/c1-4-15-17(26-22-21-15)18(24)20-16-9-8-14(11-12(16)2)19(25)23-10-6-5-7-13(23)3/h8-9,11,13H,4-7,10H2,1-3H3,(H,20,24). The molecule has 2 heterocycles. The van der Waals surface area contributed by atoms with Gasteiger partial charge in [-0.2, -0.15) is 0 Å². The van der Waals surface area contributed by atoms with E-state index in [1.165, 1.54) is 6.42 Å². The highest BCUT2D eigenvalue weighted by Crippen LogP contribution is 2.23. The molecule has 1 aliphatic heterocycles. The molecule has 1 N–H and O–H groups in total. The zero-order valence-electron chi connectivity index (χ0n) is 15.4. The fourth-order valence-corrected chi connectivity index (χ4v) is 3.94. The first-order valence-corrected chi connectivity index (χ1v) is 9.82. The molecule has 2 aromatic rings. The molecule has 6 nitrogen and oxygen atoms in total. The molecule has 0 bridgehead atoms. The van der Waals surface area contributed by atoms with Gasteiger partial charge in [0.05, 0.1) is 5.69 Å². The molecule has 3 rings (SSSR count). The summed E-state index contributed by atoms with van der Waals surface area (Å²) in [5.41, 5.74) is 2.94. The lowest BCUT2D eigenvalue weighted by Crippen LogP contribution is -2.42. The molecule has 0 radical (unpaired) electrons. The Bertz CT molecular complexity index is 818. The number of aryl methyl sites for hydroxylation is 2. The Balaban J connectivity index is 1.75. The van der Waals surface area contributed by atoms with Crippen molar-refractivity contribution in [2.24, 2.45) is 0 Å². The Hall–Kier alpha value is -2.28. The van der Waals surface area contributed by atoms with E-state index < -0.39 is 0 Å². The molecule has 2 amide bonds. The summed E-state index contributed by atoms with van der Waals surface area (Å²) in [5.74, 6) is -0.137. The summed E-state index contributed by atoms with van der Waals surface area (Å²) in [6.07, 6.45) is 3.97. The number of carbonyl (C=O) groups is 2. The van der Waals surface area contributed by atoms with Gasteiger partial charge in [-0.15, -0.1) is 5.10 Å². The summed E-state index contributed by atoms with van der Waals surface area (Å²) >= 11 is 1.10. The highest BCUT2D eigenvalue weighted by Gasteiger charge is 2.24. The number of carbonyl (C=O) groups excluding carboxylic acids is 2. The van der Waals surface area contributed by atoms with E-state index >= 15 is 0 Å². The third kappa shape index (κ3) is 3.77. The summed E-state index contributed by atoms with van der Waals surface area (Å²) in [4.78, 5) is 27.7. The number of hydrogen-bond acceptors (Lipinski definition) is 5. The van der Waals surface area contributed by atoms with Gasteiger partial charge in [-0.1, -0.05) is 11.4 Å². The molecule has 138 valence electrons. The number of anilines is 1. The Labute approximate surface area is 157 Å². The topological polar surface area (TPSA) is 75.2 Å². The Morgan fingerprint density at radius 2 is 2.15 bits per heavy atom. The minimum absolute atomic E-state index is 0.0677. The third-order valence-corrected chi connectivity index (χ3v) is 5.65. The van der Waals surface area contributed by atoms with Crippen molar-refractivity contribution < 1.29 is 9.59 Å². The first kappa shape index (κ1) is 18.5. The van der Waals surface area contributed by atoms with Gasteiger partial charge in [0.15, 0.2) is 0 Å². The minimum Gasteiger partial charge on any atom is -0.336 e. The third-order valence-electron chi connectivity index (χ3n) is 4.88. The summed E-state index contributed by atoms with van der Waals surface area (Å²) in [6.45, 7) is 6.76. The van der Waals surface area contributed by atoms with Gasteiger partial charge in [0.2, 0.25) is 0 Å². The number of hydrogen-bond donors (Lipinski definition) is 1. The molecular formula is C19H24N4O2S. The van der Waals surface area contributed by atoms with Crippen LogP contribution < -0.4 is 5.32 Å². The summed E-state index contributed by atoms with van der Waals surface area (Å²) in [6, 6.07) is 5.72. The fourth-order valence-electron chi connectivity index (χ4n) is 3.29. The van der Waals surface area contributed by atoms with Gasteiger partial charge >= 0.3 is 0 Å². The molecule has 7 heteroatoms. The number of aromatic nitrogens is 2. The van der Waals surface area contributed by atoms with E-state index in [2.05, 4.69) is 21.8 Å². The fraction of sp³-hybridized carbons (Fsp3) is 0.474. The maximum atomic E-state index is 12.8. The average Bonchev–Trinajstić information content (AvgIpc) is 3.12. The van der Waals surface area contributed by atoms with Crippen LogP contribution in [0.3, 0.4) is 0 Å². The molecule has 0 spiro atoms. The van der Waals surface area contributed by atoms with E-state index in [1.54, 1.807) is 12.1 Å². The van der Waals surface area contributed by atoms with Crippen molar-refractivity contribution in [3.8, 4) is 0 Å². The first-order chi connectivity index (χ1) is 12.5. The molecule has 1 aromatic heterocycles. The van der Waals surface area contributed by atoms with Crippen molar-refractivity contribution in [2.45, 2.75) is 52.5 Å². The van der Waals surface area contributed by atoms with Crippen molar-refractivity contribution in [1.29, 1.82) is 0 Å². The van der Waals surface area contributed by atoms with E-state index in [1.807, 2.05) is 24.8 Å². The number of nitrogens with one attached hydrogen (secondary N) is 1. The van der Waals surface area contributed by atoms with Gasteiger partial charge in [-0.3, -0.25) is 9.59 Å². The molecule has 26 heavy (non-hydrogen) atoms. The second-order valence-corrected chi connectivity index (χ2v) is 7.48. The van der Waals surface area contributed by atoms with Gasteiger partial charge in [0.25, 0.3) is 11.8 Å². The highest BCUT2D eigenvalue weighted by molar-refractivity contribution is 7.08. The van der Waals surface area contributed by atoms with Crippen LogP contribution >= 0.6 is 11.5 Å². The van der Waals surface area contributed by atoms with Gasteiger partial charge in [0, 0.05) is 23.8 Å². The summed E-state index contributed by atoms with van der Waals surface area (Å²) in [5, 5.41) is 6.88. The zero-order valence-corrected chi connectivity index (χ0v) is 16.2. The number of amides is 2. The Kier molecular flexibility index (Phi) is 5.66. The van der Waals surface area contributed by atoms with E-state index in [9.17, 15) is 9.59 Å². The van der Waals surface area contributed by atoms with Crippen LogP contribution in [0.5, 0.6) is 0 Å². The zero-order chi connectivity index (χ0) is 18.7. The first-order valence-electron chi connectivity index (χ1n) is 9.05. The average molecular weight is 372 g/mol. The molecular weight excluding hydrogens is 348 g/mol. The smallest absolute Gasteiger partial charge is 0.269 e. The van der Waals surface area contributed by atoms with Crippen LogP contribution in [0.25, 0.3) is 0 Å². The van der Waals surface area contributed by atoms with Crippen molar-refractivity contribution >= 4 is 29.0 Å². The van der Waals surface area contributed by atoms with Gasteiger partial charge < -0.3 is 10.2 Å². The Morgan fingerprint density at radius 1 is 1.35 bits per heavy atom. The van der Waals surface area contributed by atoms with E-state index in [0.29, 0.717) is 28.2 Å². The highest BCUT2D eigenvalue weighted by atomic mass is 32.1. The quantitative estimate of drug-likeness (QED) is 0.888. The van der Waals surface area contributed by atoms with Crippen LogP contribution in [0.4, 0.5) is 5.69 Å². The van der Waals surface area contributed by atoms with Crippen LogP contribution in [0.15, 0.2) is 18.2 Å². The molecule has 1 aliphatic rings. The molecule has 0 aliphatic carbocycles. The van der Waals surface area contributed by atoms with E-state index in [0.717, 1.165) is 36.5 Å². The van der Waals surface area contributed by atoms with Gasteiger partial charge in [-0.25, -0.2) is 0 Å². The van der Waals surface area contributed by atoms with Crippen molar-refractivity contribution in [1.82, 2.24) is 14.5 Å². The SMILES string of the molecule is CCc1nnsc1C(=O)Nc1ccc(C(=O)N2CCCCC2C)cc1C. The predicted molar refractivity (Wildman–Crippen MR) is 103 cm³/mol. The van der Waals surface area contributed by atoms with Gasteiger partial charge in [0.1, 0.15) is 4.88 Å². The maximum Gasteiger partial charge on any atom is 0.269 e. The second-order valence-electron chi connectivity index (χ2n) is 6.73. The van der Waals surface area contributed by atoms with Crippen LogP contribution in [-0.2, 0) is 6.42 Å². The number of likely N-dealkylation sites (tertiary alicyclic amines) is 1. The van der Waals surface area contributed by atoms with Crippen molar-refractivity contribution in [3.05, 3.63) is 39.9 Å². The van der Waals surface area contributed by atoms with Crippen LogP contribution in [0.2, 0.25) is 0 Å². The number of nitrogens with zero attached hydrogens (tertiary/aromatic N) is 3. The normalized spacial score (nSPS) is 17.2. The van der Waals surface area contributed by atoms with Crippen LogP contribution in [0, 0.1) is 6.92 Å². The second kappa shape index (κ2) is 7.95. The van der Waals surface area contributed by atoms with Crippen LogP contribution in [-0.4, -0.2) is 38.9 Å². The number of benzene rings is 1. The maximum absolute atomic E-state index is 12.8.